The van der Waals surface area contributed by atoms with Crippen LogP contribution in [0.1, 0.15) is 25.6 Å². The normalized spacial score (nSPS) is 10.6. The summed E-state index contributed by atoms with van der Waals surface area (Å²) in [6.45, 7) is 3.14. The van der Waals surface area contributed by atoms with E-state index >= 15 is 0 Å². The lowest BCUT2D eigenvalue weighted by molar-refractivity contribution is 0.284. The van der Waals surface area contributed by atoms with E-state index in [1.165, 1.54) is 0 Å². The van der Waals surface area contributed by atoms with Gasteiger partial charge in [-0.2, -0.15) is 5.10 Å². The van der Waals surface area contributed by atoms with Crippen molar-refractivity contribution in [2.75, 3.05) is 6.61 Å². The Morgan fingerprint density at radius 3 is 2.92 bits per heavy atom. The minimum Gasteiger partial charge on any atom is -0.396 e. The van der Waals surface area contributed by atoms with Gasteiger partial charge in [-0.1, -0.05) is 0 Å². The van der Waals surface area contributed by atoms with Gasteiger partial charge in [-0.15, -0.1) is 0 Å². The minimum absolute atomic E-state index is 0.247. The van der Waals surface area contributed by atoms with E-state index in [1.54, 1.807) is 0 Å². The Morgan fingerprint density at radius 2 is 2.31 bits per heavy atom. The number of nitrogens with one attached hydrogen (secondary N) is 1. The second kappa shape index (κ2) is 5.14. The van der Waals surface area contributed by atoms with Crippen LogP contribution in [0.15, 0.2) is 0 Å². The molecular formula is C8H15N3OS. The van der Waals surface area contributed by atoms with Crippen molar-refractivity contribution in [1.29, 1.82) is 0 Å². The predicted octanol–water partition coefficient (Wildman–Crippen LogP) is 1.28. The highest BCUT2D eigenvalue weighted by molar-refractivity contribution is 7.71. The first-order valence-corrected chi connectivity index (χ1v) is 4.95. The van der Waals surface area contributed by atoms with Crippen LogP contribution in [0.4, 0.5) is 0 Å². The van der Waals surface area contributed by atoms with E-state index in [9.17, 15) is 0 Å². The van der Waals surface area contributed by atoms with E-state index in [2.05, 4.69) is 10.2 Å². The molecule has 1 aromatic rings. The van der Waals surface area contributed by atoms with Crippen molar-refractivity contribution in [2.45, 2.75) is 32.7 Å². The first-order chi connectivity index (χ1) is 6.29. The molecule has 1 heterocycles. The Labute approximate surface area is 82.6 Å². The van der Waals surface area contributed by atoms with Crippen molar-refractivity contribution in [2.24, 2.45) is 0 Å². The van der Waals surface area contributed by atoms with Crippen molar-refractivity contribution >= 4 is 12.2 Å². The number of aliphatic hydroxyl groups is 1. The van der Waals surface area contributed by atoms with Gasteiger partial charge in [0.1, 0.15) is 5.82 Å². The predicted molar refractivity (Wildman–Crippen MR) is 53.1 cm³/mol. The van der Waals surface area contributed by atoms with Crippen molar-refractivity contribution in [3.05, 3.63) is 10.6 Å². The molecule has 0 unspecified atom stereocenters. The Balaban J connectivity index is 2.60. The highest BCUT2D eigenvalue weighted by atomic mass is 32.1. The number of rotatable bonds is 5. The molecule has 0 radical (unpaired) electrons. The topological polar surface area (TPSA) is 53.8 Å². The molecule has 0 aliphatic carbocycles. The number of aliphatic hydroxyl groups excluding tert-OH is 1. The summed E-state index contributed by atoms with van der Waals surface area (Å²) < 4.78 is 2.66. The van der Waals surface area contributed by atoms with Crippen LogP contribution >= 0.6 is 12.2 Å². The third kappa shape index (κ3) is 2.63. The van der Waals surface area contributed by atoms with E-state index in [-0.39, 0.29) is 6.61 Å². The summed E-state index contributed by atoms with van der Waals surface area (Å²) in [5.41, 5.74) is 0. The summed E-state index contributed by atoms with van der Waals surface area (Å²) >= 11 is 5.05. The summed E-state index contributed by atoms with van der Waals surface area (Å²) in [6, 6.07) is 0. The molecule has 0 aliphatic rings. The molecule has 0 amide bonds. The van der Waals surface area contributed by atoms with Gasteiger partial charge in [-0.25, -0.2) is 0 Å². The highest BCUT2D eigenvalue weighted by Crippen LogP contribution is 2.02. The van der Waals surface area contributed by atoms with Gasteiger partial charge in [0.25, 0.3) is 0 Å². The lowest BCUT2D eigenvalue weighted by Crippen LogP contribution is -2.02. The Hall–Kier alpha value is -0.680. The molecule has 0 saturated heterocycles. The molecule has 0 fully saturated rings. The van der Waals surface area contributed by atoms with E-state index in [0.29, 0.717) is 4.77 Å². The third-order valence-corrected chi connectivity index (χ3v) is 2.27. The largest absolute Gasteiger partial charge is 0.396 e. The number of aromatic amines is 1. The fourth-order valence-electron chi connectivity index (χ4n) is 1.26. The second-order valence-corrected chi connectivity index (χ2v) is 3.26. The average Bonchev–Trinajstić information content (AvgIpc) is 2.47. The molecule has 0 bridgehead atoms. The first kappa shape index (κ1) is 10.4. The molecule has 4 nitrogen and oxygen atoms in total. The maximum atomic E-state index is 8.62. The number of unbranched alkanes of at least 4 members (excludes halogenated alkanes) is 1. The van der Waals surface area contributed by atoms with Gasteiger partial charge in [0.05, 0.1) is 0 Å². The first-order valence-electron chi connectivity index (χ1n) is 4.54. The third-order valence-electron chi connectivity index (χ3n) is 1.96. The van der Waals surface area contributed by atoms with Crippen LogP contribution < -0.4 is 0 Å². The number of hydrogen-bond acceptors (Lipinski definition) is 3. The summed E-state index contributed by atoms with van der Waals surface area (Å²) in [5.74, 6) is 0.987. The second-order valence-electron chi connectivity index (χ2n) is 2.87. The Kier molecular flexibility index (Phi) is 4.11. The highest BCUT2D eigenvalue weighted by Gasteiger charge is 2.02. The molecular weight excluding hydrogens is 186 g/mol. The maximum absolute atomic E-state index is 8.62. The number of aryl methyl sites for hydroxylation is 1. The van der Waals surface area contributed by atoms with Crippen LogP contribution in [0.3, 0.4) is 0 Å². The summed E-state index contributed by atoms with van der Waals surface area (Å²) in [7, 11) is 0. The number of aromatic nitrogens is 3. The molecule has 2 N–H and O–H groups in total. The van der Waals surface area contributed by atoms with Crippen LogP contribution in [0.5, 0.6) is 0 Å². The molecule has 5 heteroatoms. The van der Waals surface area contributed by atoms with Crippen LogP contribution in [-0.2, 0) is 13.0 Å². The van der Waals surface area contributed by atoms with Gasteiger partial charge < -0.3 is 9.67 Å². The standard InChI is InChI=1S/C8H15N3OS/c1-2-11-7(5-3-4-6-12)9-10-8(11)13/h12H,2-6H2,1H3,(H,10,13). The van der Waals surface area contributed by atoms with Crippen molar-refractivity contribution in [1.82, 2.24) is 14.8 Å². The van der Waals surface area contributed by atoms with Gasteiger partial charge in [-0.3, -0.25) is 5.10 Å². The van der Waals surface area contributed by atoms with E-state index in [0.717, 1.165) is 31.6 Å². The zero-order valence-corrected chi connectivity index (χ0v) is 8.60. The van der Waals surface area contributed by atoms with Gasteiger partial charge in [-0.05, 0) is 32.0 Å². The van der Waals surface area contributed by atoms with Crippen LogP contribution in [0, 0.1) is 4.77 Å². The fraction of sp³-hybridized carbons (Fsp3) is 0.750. The Bertz CT molecular complexity index is 305. The molecule has 0 spiro atoms. The summed E-state index contributed by atoms with van der Waals surface area (Å²) in [6.07, 6.45) is 2.65. The zero-order valence-electron chi connectivity index (χ0n) is 7.79. The lowest BCUT2D eigenvalue weighted by Gasteiger charge is -2.01. The van der Waals surface area contributed by atoms with E-state index in [4.69, 9.17) is 17.3 Å². The molecule has 74 valence electrons. The minimum atomic E-state index is 0.247. The van der Waals surface area contributed by atoms with Crippen LogP contribution in [0.2, 0.25) is 0 Å². The van der Waals surface area contributed by atoms with Crippen molar-refractivity contribution < 1.29 is 5.11 Å². The zero-order chi connectivity index (χ0) is 9.68. The van der Waals surface area contributed by atoms with Gasteiger partial charge in [0.2, 0.25) is 0 Å². The number of nitrogens with zero attached hydrogens (tertiary/aromatic N) is 2. The molecule has 0 atom stereocenters. The molecule has 0 saturated carbocycles. The molecule has 13 heavy (non-hydrogen) atoms. The number of hydrogen-bond donors (Lipinski definition) is 2. The van der Waals surface area contributed by atoms with Crippen molar-refractivity contribution in [3.8, 4) is 0 Å². The average molecular weight is 201 g/mol. The quantitative estimate of drug-likeness (QED) is 0.557. The van der Waals surface area contributed by atoms with E-state index in [1.807, 2.05) is 11.5 Å². The van der Waals surface area contributed by atoms with E-state index < -0.39 is 0 Å². The van der Waals surface area contributed by atoms with Gasteiger partial charge in [0, 0.05) is 19.6 Å². The molecule has 0 aliphatic heterocycles. The van der Waals surface area contributed by atoms with Gasteiger partial charge in [0.15, 0.2) is 4.77 Å². The van der Waals surface area contributed by atoms with Crippen molar-refractivity contribution in [3.63, 3.8) is 0 Å². The molecule has 1 rings (SSSR count). The Morgan fingerprint density at radius 1 is 1.54 bits per heavy atom. The monoisotopic (exact) mass is 201 g/mol. The van der Waals surface area contributed by atoms with Crippen LogP contribution in [0.25, 0.3) is 0 Å². The maximum Gasteiger partial charge on any atom is 0.195 e. The summed E-state index contributed by atoms with van der Waals surface area (Å²) in [4.78, 5) is 0. The molecule has 1 aromatic heterocycles. The smallest absolute Gasteiger partial charge is 0.195 e. The summed E-state index contributed by atoms with van der Waals surface area (Å²) in [5, 5.41) is 15.5. The van der Waals surface area contributed by atoms with Gasteiger partial charge >= 0.3 is 0 Å². The molecule has 0 aromatic carbocycles. The lowest BCUT2D eigenvalue weighted by atomic mass is 10.2. The SMILES string of the molecule is CCn1c(CCCCO)n[nH]c1=S. The van der Waals surface area contributed by atoms with Crippen LogP contribution in [-0.4, -0.2) is 26.5 Å². The fourth-order valence-corrected chi connectivity index (χ4v) is 1.54. The number of H-pyrrole nitrogens is 1.